The topological polar surface area (TPSA) is 103 Å². The normalized spacial score (nSPS) is 26.6. The Morgan fingerprint density at radius 1 is 0.609 bits per heavy atom. The van der Waals surface area contributed by atoms with Crippen LogP contribution >= 0.6 is 0 Å². The van der Waals surface area contributed by atoms with E-state index < -0.39 is 12.2 Å². The number of methoxy groups -OCH3 is 2. The number of nitrogens with zero attached hydrogens (tertiary/aromatic N) is 4. The standard InChI is InChI=1S/C54H56N4O6/c1-5-31-29-57-23-19-33(31)25-45(57)53(39-17-21-55-43-13-11-35(61-3)27-41(39)43)63-47-15-16-48(50-49(47)51(59)37-9-7-8-10-38(37)52(50)60)64-54(46-26-34-20-24-58(46)30-32(34)6-2)40-18-22-56-44-14-12-36(62-4)28-42(40)44/h7-18,21-22,27-28,31-34,45-46,53-54H,5-6,19-20,23-26,29-30H2,1-4H3/t31-,32-,33+,34+,45-,46-,53+,54+/m0/s1. The summed E-state index contributed by atoms with van der Waals surface area (Å²) in [5.41, 5.74) is 4.87. The summed E-state index contributed by atoms with van der Waals surface area (Å²) < 4.78 is 26.3. The molecule has 0 saturated carbocycles. The van der Waals surface area contributed by atoms with Crippen LogP contribution in [0.1, 0.15) is 108 Å². The zero-order valence-corrected chi connectivity index (χ0v) is 37.2. The first-order valence-electron chi connectivity index (χ1n) is 23.4. The van der Waals surface area contributed by atoms with E-state index >= 15 is 9.59 Å². The number of benzene rings is 4. The van der Waals surface area contributed by atoms with Crippen molar-refractivity contribution < 1.29 is 28.5 Å². The Kier molecular flexibility index (Phi) is 10.6. The van der Waals surface area contributed by atoms with Crippen LogP contribution in [0.2, 0.25) is 0 Å². The Balaban J connectivity index is 1.07. The van der Waals surface area contributed by atoms with E-state index in [0.29, 0.717) is 46.3 Å². The predicted molar refractivity (Wildman–Crippen MR) is 247 cm³/mol. The van der Waals surface area contributed by atoms with Crippen LogP contribution in [0.5, 0.6) is 23.0 Å². The summed E-state index contributed by atoms with van der Waals surface area (Å²) in [4.78, 5) is 45.0. The first-order valence-corrected chi connectivity index (χ1v) is 23.4. The number of carbonyl (C=O) groups is 2. The van der Waals surface area contributed by atoms with Gasteiger partial charge in [0.1, 0.15) is 35.2 Å². The molecule has 7 aliphatic rings. The fourth-order valence-electron chi connectivity index (χ4n) is 12.3. The molecule has 2 unspecified atom stereocenters. The van der Waals surface area contributed by atoms with Crippen LogP contribution in [-0.4, -0.2) is 83.8 Å². The Labute approximate surface area is 374 Å². The summed E-state index contributed by atoms with van der Waals surface area (Å²) in [6.45, 7) is 8.58. The van der Waals surface area contributed by atoms with Gasteiger partial charge in [-0.15, -0.1) is 0 Å². The Morgan fingerprint density at radius 2 is 1.06 bits per heavy atom. The third-order valence-corrected chi connectivity index (χ3v) is 15.7. The van der Waals surface area contributed by atoms with Crippen molar-refractivity contribution in [3.8, 4) is 23.0 Å². The highest BCUT2D eigenvalue weighted by Crippen LogP contribution is 2.49. The Morgan fingerprint density at radius 3 is 1.45 bits per heavy atom. The largest absolute Gasteiger partial charge is 0.497 e. The smallest absolute Gasteiger partial charge is 0.198 e. The molecule has 8 heterocycles. The quantitative estimate of drug-likeness (QED) is 0.118. The zero-order chi connectivity index (χ0) is 43.6. The van der Waals surface area contributed by atoms with Crippen LogP contribution in [0.3, 0.4) is 0 Å². The third kappa shape index (κ3) is 6.83. The van der Waals surface area contributed by atoms with Crippen molar-refractivity contribution in [2.75, 3.05) is 40.4 Å². The van der Waals surface area contributed by atoms with E-state index in [4.69, 9.17) is 28.9 Å². The average molecular weight is 857 g/mol. The van der Waals surface area contributed by atoms with Gasteiger partial charge in [-0.05, 0) is 123 Å². The van der Waals surface area contributed by atoms with E-state index in [1.807, 2.05) is 85.2 Å². The molecular weight excluding hydrogens is 801 g/mol. The fraction of sp³-hybridized carbons (Fsp3) is 0.407. The molecule has 1 aliphatic carbocycles. The number of rotatable bonds is 12. The van der Waals surface area contributed by atoms with E-state index in [0.717, 1.165) is 109 Å². The number of aromatic nitrogens is 2. The number of carbonyl (C=O) groups excluding carboxylic acids is 2. The monoisotopic (exact) mass is 856 g/mol. The second kappa shape index (κ2) is 16.6. The SMILES string of the molecule is CC[C@H]1CN2CC[C@@H]1C[C@H]2[C@H](Oc1ccc(O[C@H](c2ccnc3ccc(OC)cc23)[C@@H]2C[C@H]3CCN2C[C@@H]3CC)c2c1C(=O)c1ccccc1C2=O)c1ccnc2ccc(OC)cc12. The number of hydrogen-bond acceptors (Lipinski definition) is 10. The highest BCUT2D eigenvalue weighted by Gasteiger charge is 2.47. The molecule has 2 aromatic heterocycles. The van der Waals surface area contributed by atoms with E-state index in [9.17, 15) is 0 Å². The molecule has 6 aromatic rings. The molecule has 10 nitrogen and oxygen atoms in total. The molecule has 6 fully saturated rings. The lowest BCUT2D eigenvalue weighted by Crippen LogP contribution is -2.56. The molecule has 328 valence electrons. The van der Waals surface area contributed by atoms with Gasteiger partial charge in [0.15, 0.2) is 11.6 Å². The number of fused-ring (bicyclic) bond motifs is 10. The first kappa shape index (κ1) is 40.9. The van der Waals surface area contributed by atoms with Crippen molar-refractivity contribution in [3.63, 3.8) is 0 Å². The fourth-order valence-corrected chi connectivity index (χ4v) is 12.3. The number of ketones is 2. The molecule has 0 amide bonds. The maximum atomic E-state index is 15.1. The van der Waals surface area contributed by atoms with Gasteiger partial charge >= 0.3 is 0 Å². The van der Waals surface area contributed by atoms with Crippen molar-refractivity contribution in [1.29, 1.82) is 0 Å². The zero-order valence-electron chi connectivity index (χ0n) is 37.2. The summed E-state index contributed by atoms with van der Waals surface area (Å²) in [7, 11) is 3.35. The highest BCUT2D eigenvalue weighted by atomic mass is 16.5. The molecule has 13 rings (SSSR count). The summed E-state index contributed by atoms with van der Waals surface area (Å²) in [5, 5.41) is 1.88. The van der Waals surface area contributed by atoms with Crippen molar-refractivity contribution in [2.24, 2.45) is 23.7 Å². The lowest BCUT2D eigenvalue weighted by molar-refractivity contribution is -0.0493. The van der Waals surface area contributed by atoms with E-state index in [-0.39, 0.29) is 34.8 Å². The summed E-state index contributed by atoms with van der Waals surface area (Å²) in [6.07, 6.45) is 9.30. The van der Waals surface area contributed by atoms with Gasteiger partial charge in [-0.2, -0.15) is 0 Å². The number of pyridine rings is 2. The van der Waals surface area contributed by atoms with Gasteiger partial charge in [-0.25, -0.2) is 0 Å². The number of hydrogen-bond donors (Lipinski definition) is 0. The molecular formula is C54H56N4O6. The maximum Gasteiger partial charge on any atom is 0.198 e. The second-order valence-electron chi connectivity index (χ2n) is 18.7. The summed E-state index contributed by atoms with van der Waals surface area (Å²) in [6, 6.07) is 27.0. The summed E-state index contributed by atoms with van der Waals surface area (Å²) >= 11 is 0. The molecule has 10 heteroatoms. The second-order valence-corrected chi connectivity index (χ2v) is 18.7. The molecule has 0 N–H and O–H groups in total. The number of ether oxygens (including phenoxy) is 4. The summed E-state index contributed by atoms with van der Waals surface area (Å²) in [5.74, 6) is 4.15. The molecule has 4 aromatic carbocycles. The minimum Gasteiger partial charge on any atom is -0.497 e. The average Bonchev–Trinajstić information content (AvgIpc) is 3.36. The maximum absolute atomic E-state index is 15.1. The first-order chi connectivity index (χ1) is 31.3. The van der Waals surface area contributed by atoms with Gasteiger partial charge in [0, 0.05) is 58.5 Å². The van der Waals surface area contributed by atoms with E-state index in [2.05, 4.69) is 23.6 Å². The van der Waals surface area contributed by atoms with Crippen LogP contribution in [0.15, 0.2) is 97.3 Å². The van der Waals surface area contributed by atoms with Crippen LogP contribution in [0.25, 0.3) is 21.8 Å². The molecule has 0 radical (unpaired) electrons. The van der Waals surface area contributed by atoms with Crippen molar-refractivity contribution in [3.05, 3.63) is 131 Å². The molecule has 0 spiro atoms. The van der Waals surface area contributed by atoms with Gasteiger partial charge in [-0.1, -0.05) is 51.0 Å². The molecule has 64 heavy (non-hydrogen) atoms. The van der Waals surface area contributed by atoms with Gasteiger partial charge in [0.25, 0.3) is 0 Å². The molecule has 4 bridgehead atoms. The van der Waals surface area contributed by atoms with Crippen LogP contribution < -0.4 is 18.9 Å². The van der Waals surface area contributed by atoms with Crippen LogP contribution in [-0.2, 0) is 0 Å². The Hall–Kier alpha value is -5.84. The van der Waals surface area contributed by atoms with Gasteiger partial charge in [0.2, 0.25) is 0 Å². The highest BCUT2D eigenvalue weighted by molar-refractivity contribution is 6.30. The third-order valence-electron chi connectivity index (χ3n) is 15.7. The lowest BCUT2D eigenvalue weighted by atomic mass is 9.72. The van der Waals surface area contributed by atoms with Gasteiger partial charge in [0.05, 0.1) is 48.5 Å². The van der Waals surface area contributed by atoms with Crippen molar-refractivity contribution >= 4 is 33.4 Å². The number of piperidine rings is 6. The molecule has 6 aliphatic heterocycles. The van der Waals surface area contributed by atoms with Gasteiger partial charge < -0.3 is 18.9 Å². The van der Waals surface area contributed by atoms with Crippen LogP contribution in [0.4, 0.5) is 0 Å². The van der Waals surface area contributed by atoms with Crippen LogP contribution in [0, 0.1) is 23.7 Å². The van der Waals surface area contributed by atoms with Gasteiger partial charge in [-0.3, -0.25) is 29.4 Å². The minimum absolute atomic E-state index is 0.0377. The van der Waals surface area contributed by atoms with Crippen molar-refractivity contribution in [1.82, 2.24) is 19.8 Å². The molecule has 10 atom stereocenters. The van der Waals surface area contributed by atoms with E-state index in [1.54, 1.807) is 26.4 Å². The lowest BCUT2D eigenvalue weighted by Gasteiger charge is -2.52. The van der Waals surface area contributed by atoms with Crippen molar-refractivity contribution in [2.45, 2.75) is 76.7 Å². The van der Waals surface area contributed by atoms with E-state index in [1.165, 1.54) is 0 Å². The Bertz CT molecular complexity index is 2600. The predicted octanol–water partition coefficient (Wildman–Crippen LogP) is 10.1. The minimum atomic E-state index is -0.475. The molecule has 6 saturated heterocycles.